The molecule has 2 aromatic rings. The number of carbonyl (C=O) groups is 2. The van der Waals surface area contributed by atoms with Crippen LogP contribution in [0.3, 0.4) is 0 Å². The van der Waals surface area contributed by atoms with Crippen LogP contribution in [0.25, 0.3) is 6.08 Å². The first-order valence-electron chi connectivity index (χ1n) is 8.28. The van der Waals surface area contributed by atoms with Crippen LogP contribution < -0.4 is 15.4 Å². The molecule has 1 aliphatic carbocycles. The Morgan fingerprint density at radius 1 is 1.15 bits per heavy atom. The van der Waals surface area contributed by atoms with Crippen molar-refractivity contribution in [3.8, 4) is 5.75 Å². The van der Waals surface area contributed by atoms with E-state index in [0.717, 1.165) is 18.4 Å². The molecule has 1 aliphatic rings. The number of halogens is 1. The first kappa shape index (κ1) is 18.0. The van der Waals surface area contributed by atoms with Crippen molar-refractivity contribution < 1.29 is 14.3 Å². The maximum absolute atomic E-state index is 12.0. The van der Waals surface area contributed by atoms with Crippen molar-refractivity contribution in [3.05, 3.63) is 64.7 Å². The van der Waals surface area contributed by atoms with E-state index in [1.807, 2.05) is 0 Å². The first-order valence-corrected chi connectivity index (χ1v) is 8.66. The van der Waals surface area contributed by atoms with Gasteiger partial charge in [-0.2, -0.15) is 0 Å². The molecule has 2 aromatic carbocycles. The van der Waals surface area contributed by atoms with Gasteiger partial charge in [0.2, 0.25) is 5.91 Å². The normalized spacial score (nSPS) is 13.5. The monoisotopic (exact) mass is 370 g/mol. The lowest BCUT2D eigenvalue weighted by atomic mass is 10.1. The van der Waals surface area contributed by atoms with Gasteiger partial charge in [0, 0.05) is 23.4 Å². The molecule has 0 heterocycles. The van der Waals surface area contributed by atoms with Crippen LogP contribution in [0.4, 0.5) is 5.69 Å². The highest BCUT2D eigenvalue weighted by Crippen LogP contribution is 2.27. The van der Waals surface area contributed by atoms with Gasteiger partial charge in [0.1, 0.15) is 5.75 Å². The summed E-state index contributed by atoms with van der Waals surface area (Å²) in [7, 11) is 1.53. The highest BCUT2D eigenvalue weighted by molar-refractivity contribution is 6.32. The van der Waals surface area contributed by atoms with Gasteiger partial charge in [0.05, 0.1) is 12.1 Å². The standard InChI is InChI=1S/C20H19ClN2O3/c1-26-18-10-9-16(12-17(18)21)22-19(24)11-4-13-2-5-14(6-3-13)20(25)23-15-7-8-15/h2-6,9-12,15H,7-8H2,1H3,(H,22,24)(H,23,25)/b11-4+. The van der Waals surface area contributed by atoms with E-state index in [9.17, 15) is 9.59 Å². The summed E-state index contributed by atoms with van der Waals surface area (Å²) in [6.45, 7) is 0. The zero-order valence-corrected chi connectivity index (χ0v) is 15.0. The summed E-state index contributed by atoms with van der Waals surface area (Å²) >= 11 is 6.03. The summed E-state index contributed by atoms with van der Waals surface area (Å²) in [5.41, 5.74) is 2.03. The Hall–Kier alpha value is -2.79. The van der Waals surface area contributed by atoms with Gasteiger partial charge < -0.3 is 15.4 Å². The average molecular weight is 371 g/mol. The van der Waals surface area contributed by atoms with Crippen molar-refractivity contribution in [1.82, 2.24) is 5.32 Å². The number of nitrogens with one attached hydrogen (secondary N) is 2. The maximum atomic E-state index is 12.0. The van der Waals surface area contributed by atoms with E-state index >= 15 is 0 Å². The predicted molar refractivity (Wildman–Crippen MR) is 103 cm³/mol. The minimum Gasteiger partial charge on any atom is -0.495 e. The highest BCUT2D eigenvalue weighted by atomic mass is 35.5. The quantitative estimate of drug-likeness (QED) is 0.758. The highest BCUT2D eigenvalue weighted by Gasteiger charge is 2.23. The fourth-order valence-corrected chi connectivity index (χ4v) is 2.60. The number of rotatable bonds is 6. The van der Waals surface area contributed by atoms with Gasteiger partial charge in [-0.15, -0.1) is 0 Å². The average Bonchev–Trinajstić information content (AvgIpc) is 3.44. The zero-order valence-electron chi connectivity index (χ0n) is 14.3. The van der Waals surface area contributed by atoms with Crippen LogP contribution in [0.1, 0.15) is 28.8 Å². The topological polar surface area (TPSA) is 67.4 Å². The zero-order chi connectivity index (χ0) is 18.5. The minimum atomic E-state index is -0.276. The van der Waals surface area contributed by atoms with Gasteiger partial charge >= 0.3 is 0 Å². The molecule has 0 saturated heterocycles. The van der Waals surface area contributed by atoms with Crippen molar-refractivity contribution in [2.24, 2.45) is 0 Å². The van der Waals surface area contributed by atoms with Crippen molar-refractivity contribution in [2.75, 3.05) is 12.4 Å². The van der Waals surface area contributed by atoms with Gasteiger partial charge in [0.25, 0.3) is 5.91 Å². The van der Waals surface area contributed by atoms with Crippen molar-refractivity contribution in [1.29, 1.82) is 0 Å². The smallest absolute Gasteiger partial charge is 0.251 e. The molecule has 26 heavy (non-hydrogen) atoms. The molecule has 0 aromatic heterocycles. The van der Waals surface area contributed by atoms with Gasteiger partial charge in [-0.05, 0) is 54.8 Å². The molecule has 5 nitrogen and oxygen atoms in total. The second-order valence-corrected chi connectivity index (χ2v) is 6.45. The number of amides is 2. The number of hydrogen-bond acceptors (Lipinski definition) is 3. The van der Waals surface area contributed by atoms with Gasteiger partial charge in [-0.3, -0.25) is 9.59 Å². The van der Waals surface area contributed by atoms with Crippen LogP contribution in [0, 0.1) is 0 Å². The molecule has 0 aliphatic heterocycles. The molecule has 2 N–H and O–H groups in total. The fraction of sp³-hybridized carbons (Fsp3) is 0.200. The SMILES string of the molecule is COc1ccc(NC(=O)/C=C/c2ccc(C(=O)NC3CC3)cc2)cc1Cl. The number of ether oxygens (including phenoxy) is 1. The van der Waals surface area contributed by atoms with Crippen LogP contribution in [0.2, 0.25) is 5.02 Å². The Morgan fingerprint density at radius 2 is 1.88 bits per heavy atom. The fourth-order valence-electron chi connectivity index (χ4n) is 2.34. The van der Waals surface area contributed by atoms with E-state index in [1.165, 1.54) is 13.2 Å². The molecule has 2 amide bonds. The van der Waals surface area contributed by atoms with E-state index in [1.54, 1.807) is 48.5 Å². The van der Waals surface area contributed by atoms with E-state index in [0.29, 0.717) is 28.1 Å². The van der Waals surface area contributed by atoms with Gasteiger partial charge in [0.15, 0.2) is 0 Å². The van der Waals surface area contributed by atoms with Crippen LogP contribution in [-0.2, 0) is 4.79 Å². The summed E-state index contributed by atoms with van der Waals surface area (Å²) in [5, 5.41) is 6.10. The molecule has 0 unspecified atom stereocenters. The molecule has 6 heteroatoms. The summed E-state index contributed by atoms with van der Waals surface area (Å²) < 4.78 is 5.07. The van der Waals surface area contributed by atoms with Crippen LogP contribution in [0.5, 0.6) is 5.75 Å². The third-order valence-electron chi connectivity index (χ3n) is 3.93. The van der Waals surface area contributed by atoms with E-state index < -0.39 is 0 Å². The third-order valence-corrected chi connectivity index (χ3v) is 4.23. The van der Waals surface area contributed by atoms with Crippen molar-refractivity contribution >= 4 is 35.2 Å². The Balaban J connectivity index is 1.57. The Morgan fingerprint density at radius 3 is 2.50 bits per heavy atom. The summed E-state index contributed by atoms with van der Waals surface area (Å²) in [4.78, 5) is 24.0. The summed E-state index contributed by atoms with van der Waals surface area (Å²) in [5.74, 6) is 0.213. The number of carbonyl (C=O) groups excluding carboxylic acids is 2. The molecule has 0 atom stereocenters. The lowest BCUT2D eigenvalue weighted by Crippen LogP contribution is -2.25. The molecule has 0 bridgehead atoms. The maximum Gasteiger partial charge on any atom is 0.251 e. The van der Waals surface area contributed by atoms with E-state index in [-0.39, 0.29) is 11.8 Å². The van der Waals surface area contributed by atoms with Gasteiger partial charge in [-0.1, -0.05) is 23.7 Å². The number of benzene rings is 2. The predicted octanol–water partition coefficient (Wildman–Crippen LogP) is 3.89. The van der Waals surface area contributed by atoms with E-state index in [2.05, 4.69) is 10.6 Å². The van der Waals surface area contributed by atoms with Crippen molar-refractivity contribution in [2.45, 2.75) is 18.9 Å². The number of anilines is 1. The second kappa shape index (κ2) is 8.06. The van der Waals surface area contributed by atoms with Gasteiger partial charge in [-0.25, -0.2) is 0 Å². The molecule has 0 radical (unpaired) electrons. The molecule has 1 fully saturated rings. The second-order valence-electron chi connectivity index (χ2n) is 6.04. The largest absolute Gasteiger partial charge is 0.495 e. The van der Waals surface area contributed by atoms with E-state index in [4.69, 9.17) is 16.3 Å². The lowest BCUT2D eigenvalue weighted by Gasteiger charge is -2.06. The van der Waals surface area contributed by atoms with Crippen LogP contribution in [-0.4, -0.2) is 25.0 Å². The van der Waals surface area contributed by atoms with Crippen molar-refractivity contribution in [3.63, 3.8) is 0 Å². The Labute approximate surface area is 157 Å². The molecule has 1 saturated carbocycles. The molecular formula is C20H19ClN2O3. The molecule has 134 valence electrons. The third kappa shape index (κ3) is 4.86. The molecule has 0 spiro atoms. The molecule has 3 rings (SSSR count). The first-order chi connectivity index (χ1) is 12.5. The Kier molecular flexibility index (Phi) is 5.58. The van der Waals surface area contributed by atoms with Crippen LogP contribution >= 0.6 is 11.6 Å². The Bertz CT molecular complexity index is 843. The minimum absolute atomic E-state index is 0.0582. The summed E-state index contributed by atoms with van der Waals surface area (Å²) in [6.07, 6.45) is 5.22. The summed E-state index contributed by atoms with van der Waals surface area (Å²) in [6, 6.07) is 12.5. The lowest BCUT2D eigenvalue weighted by molar-refractivity contribution is -0.111. The number of methoxy groups -OCH3 is 1. The number of hydrogen-bond donors (Lipinski definition) is 2. The molecular weight excluding hydrogens is 352 g/mol. The van der Waals surface area contributed by atoms with Crippen LogP contribution in [0.15, 0.2) is 48.5 Å².